The maximum Gasteiger partial charge on any atom is 0.338 e. The highest BCUT2D eigenvalue weighted by Crippen LogP contribution is 2.53. The fraction of sp³-hybridized carbons (Fsp3) is 0.280. The molecule has 1 aliphatic heterocycles. The molecule has 2 fully saturated rings. The van der Waals surface area contributed by atoms with E-state index in [1.807, 2.05) is 12.2 Å². The van der Waals surface area contributed by atoms with E-state index in [1.165, 1.54) is 54.5 Å². The van der Waals surface area contributed by atoms with Crippen molar-refractivity contribution >= 4 is 40.8 Å². The smallest absolute Gasteiger partial charge is 0.338 e. The van der Waals surface area contributed by atoms with Crippen LogP contribution in [0.5, 0.6) is 5.75 Å². The standard InChI is InChI=1S/C25H21N3O8/c1-35-17-8-9-19(28(33)34)18(11-17)26-20(29)12-36-25(32)13-4-6-16(7-5-13)27-23(30)21-14-2-3-15(10-14)22(21)24(27)31/h2-9,11,14-15,21-22H,10,12H2,1H3,(H,26,29)/t14-,15-,21-,22-/m0/s1. The Morgan fingerprint density at radius 3 is 2.28 bits per heavy atom. The largest absolute Gasteiger partial charge is 0.497 e. The van der Waals surface area contributed by atoms with Crippen molar-refractivity contribution in [2.75, 3.05) is 23.9 Å². The van der Waals surface area contributed by atoms with Crippen molar-refractivity contribution in [3.8, 4) is 5.75 Å². The Kier molecular flexibility index (Phi) is 5.75. The van der Waals surface area contributed by atoms with Gasteiger partial charge in [0.1, 0.15) is 11.4 Å². The van der Waals surface area contributed by atoms with E-state index in [-0.39, 0.29) is 52.4 Å². The number of carbonyl (C=O) groups excluding carboxylic acids is 4. The number of hydrogen-bond acceptors (Lipinski definition) is 8. The zero-order chi connectivity index (χ0) is 25.6. The highest BCUT2D eigenvalue weighted by atomic mass is 16.6. The molecule has 3 amide bonds. The van der Waals surface area contributed by atoms with Gasteiger partial charge in [-0.3, -0.25) is 29.4 Å². The lowest BCUT2D eigenvalue weighted by Gasteiger charge is -2.17. The van der Waals surface area contributed by atoms with Crippen molar-refractivity contribution < 1.29 is 33.6 Å². The molecule has 0 unspecified atom stereocenters. The van der Waals surface area contributed by atoms with Crippen LogP contribution < -0.4 is 15.0 Å². The van der Waals surface area contributed by atoms with Crippen molar-refractivity contribution in [1.82, 2.24) is 0 Å². The molecule has 1 saturated carbocycles. The molecule has 1 heterocycles. The average Bonchev–Trinajstić information content (AvgIpc) is 3.56. The van der Waals surface area contributed by atoms with Gasteiger partial charge in [0.2, 0.25) is 11.8 Å². The number of imide groups is 1. The highest BCUT2D eigenvalue weighted by Gasteiger charge is 2.59. The van der Waals surface area contributed by atoms with Crippen LogP contribution >= 0.6 is 0 Å². The molecule has 184 valence electrons. The Bertz CT molecular complexity index is 1290. The number of allylic oxidation sites excluding steroid dienone is 2. The summed E-state index contributed by atoms with van der Waals surface area (Å²) in [5, 5.41) is 13.5. The summed E-state index contributed by atoms with van der Waals surface area (Å²) in [6.45, 7) is -0.683. The number of benzene rings is 2. The second kappa shape index (κ2) is 8.91. The normalized spacial score (nSPS) is 23.5. The summed E-state index contributed by atoms with van der Waals surface area (Å²) >= 11 is 0. The van der Waals surface area contributed by atoms with Crippen molar-refractivity contribution in [3.05, 3.63) is 70.3 Å². The average molecular weight is 491 g/mol. The van der Waals surface area contributed by atoms with E-state index in [0.29, 0.717) is 11.4 Å². The molecule has 36 heavy (non-hydrogen) atoms. The van der Waals surface area contributed by atoms with Crippen molar-refractivity contribution in [1.29, 1.82) is 0 Å². The first-order chi connectivity index (χ1) is 17.3. The van der Waals surface area contributed by atoms with Gasteiger partial charge in [0.15, 0.2) is 6.61 Å². The Morgan fingerprint density at radius 2 is 1.69 bits per heavy atom. The van der Waals surface area contributed by atoms with Crippen LogP contribution in [0.3, 0.4) is 0 Å². The number of fused-ring (bicyclic) bond motifs is 5. The molecule has 5 rings (SSSR count). The number of anilines is 2. The summed E-state index contributed by atoms with van der Waals surface area (Å²) in [6.07, 6.45) is 4.87. The molecule has 3 aliphatic rings. The Hall–Kier alpha value is -4.54. The molecule has 0 radical (unpaired) electrons. The predicted molar refractivity (Wildman–Crippen MR) is 125 cm³/mol. The molecule has 0 aromatic heterocycles. The van der Waals surface area contributed by atoms with Gasteiger partial charge in [0.05, 0.1) is 35.1 Å². The van der Waals surface area contributed by atoms with E-state index in [4.69, 9.17) is 9.47 Å². The second-order valence-corrected chi connectivity index (χ2v) is 8.82. The molecule has 2 aliphatic carbocycles. The molecule has 11 nitrogen and oxygen atoms in total. The fourth-order valence-corrected chi connectivity index (χ4v) is 5.21. The molecule has 0 spiro atoms. The molecular formula is C25H21N3O8. The van der Waals surface area contributed by atoms with Crippen LogP contribution in [-0.2, 0) is 19.1 Å². The lowest BCUT2D eigenvalue weighted by atomic mass is 9.85. The summed E-state index contributed by atoms with van der Waals surface area (Å²) in [7, 11) is 1.38. The van der Waals surface area contributed by atoms with Gasteiger partial charge in [-0.15, -0.1) is 0 Å². The molecule has 1 saturated heterocycles. The van der Waals surface area contributed by atoms with Crippen LogP contribution in [0.1, 0.15) is 16.8 Å². The maximum absolute atomic E-state index is 12.9. The third-order valence-electron chi connectivity index (χ3n) is 6.84. The molecule has 4 atom stereocenters. The number of carbonyl (C=O) groups is 4. The first kappa shape index (κ1) is 23.2. The third kappa shape index (κ3) is 3.88. The zero-order valence-corrected chi connectivity index (χ0v) is 19.1. The van der Waals surface area contributed by atoms with Gasteiger partial charge < -0.3 is 14.8 Å². The van der Waals surface area contributed by atoms with Crippen LogP contribution in [0.4, 0.5) is 17.1 Å². The first-order valence-electron chi connectivity index (χ1n) is 11.2. The minimum absolute atomic E-state index is 0.0975. The number of nitrogens with zero attached hydrogens (tertiary/aromatic N) is 2. The van der Waals surface area contributed by atoms with Gasteiger partial charge >= 0.3 is 5.97 Å². The predicted octanol–water partition coefficient (Wildman–Crippen LogP) is 2.71. The van der Waals surface area contributed by atoms with Crippen molar-refractivity contribution in [2.45, 2.75) is 6.42 Å². The lowest BCUT2D eigenvalue weighted by molar-refractivity contribution is -0.383. The van der Waals surface area contributed by atoms with E-state index < -0.39 is 23.4 Å². The molecule has 2 bridgehead atoms. The van der Waals surface area contributed by atoms with Gasteiger partial charge in [-0.2, -0.15) is 0 Å². The summed E-state index contributed by atoms with van der Waals surface area (Å²) < 4.78 is 10.0. The van der Waals surface area contributed by atoms with Crippen LogP contribution in [0.2, 0.25) is 0 Å². The number of hydrogen-bond donors (Lipinski definition) is 1. The Morgan fingerprint density at radius 1 is 1.06 bits per heavy atom. The van der Waals surface area contributed by atoms with E-state index >= 15 is 0 Å². The molecule has 11 heteroatoms. The number of amides is 3. The number of methoxy groups -OCH3 is 1. The van der Waals surface area contributed by atoms with E-state index in [2.05, 4.69) is 5.32 Å². The van der Waals surface area contributed by atoms with E-state index in [9.17, 15) is 29.3 Å². The Balaban J connectivity index is 1.21. The van der Waals surface area contributed by atoms with Crippen molar-refractivity contribution in [2.24, 2.45) is 23.7 Å². The van der Waals surface area contributed by atoms with Gasteiger partial charge in [-0.05, 0) is 48.6 Å². The second-order valence-electron chi connectivity index (χ2n) is 8.82. The topological polar surface area (TPSA) is 145 Å². The minimum atomic E-state index is -0.810. The van der Waals surface area contributed by atoms with E-state index in [0.717, 1.165) is 6.42 Å². The molecule has 2 aromatic rings. The summed E-state index contributed by atoms with van der Waals surface area (Å²) in [4.78, 5) is 62.2. The monoisotopic (exact) mass is 491 g/mol. The summed E-state index contributed by atoms with van der Waals surface area (Å²) in [5.41, 5.74) is 0.0430. The molecule has 1 N–H and O–H groups in total. The first-order valence-corrected chi connectivity index (χ1v) is 11.2. The quantitative estimate of drug-likeness (QED) is 0.205. The molecule has 2 aromatic carbocycles. The fourth-order valence-electron chi connectivity index (χ4n) is 5.21. The third-order valence-corrected chi connectivity index (χ3v) is 6.84. The van der Waals surface area contributed by atoms with Crippen LogP contribution in [0.15, 0.2) is 54.6 Å². The Labute approximate surface area is 204 Å². The number of nitrogens with one attached hydrogen (secondary N) is 1. The number of nitro groups is 1. The molecular weight excluding hydrogens is 470 g/mol. The number of nitro benzene ring substituents is 1. The maximum atomic E-state index is 12.9. The van der Waals surface area contributed by atoms with Gasteiger partial charge in [0.25, 0.3) is 11.6 Å². The number of rotatable bonds is 7. The van der Waals surface area contributed by atoms with Crippen LogP contribution in [0.25, 0.3) is 0 Å². The summed E-state index contributed by atoms with van der Waals surface area (Å²) in [5.74, 6) is -2.18. The van der Waals surface area contributed by atoms with Gasteiger partial charge in [-0.1, -0.05) is 12.2 Å². The summed E-state index contributed by atoms with van der Waals surface area (Å²) in [6, 6.07) is 9.65. The van der Waals surface area contributed by atoms with Crippen molar-refractivity contribution in [3.63, 3.8) is 0 Å². The SMILES string of the molecule is COc1ccc([N+](=O)[O-])c(NC(=O)COC(=O)c2ccc(N3C(=O)[C@@H]4[C@@H](C3=O)[C@H]3C=C[C@H]4C3)cc2)c1. The minimum Gasteiger partial charge on any atom is -0.497 e. The number of esters is 1. The highest BCUT2D eigenvalue weighted by molar-refractivity contribution is 6.22. The van der Waals surface area contributed by atoms with E-state index in [1.54, 1.807) is 0 Å². The van der Waals surface area contributed by atoms with Gasteiger partial charge in [0, 0.05) is 12.1 Å². The van der Waals surface area contributed by atoms with Gasteiger partial charge in [-0.25, -0.2) is 4.79 Å². The van der Waals surface area contributed by atoms with Crippen LogP contribution in [0, 0.1) is 33.8 Å². The lowest BCUT2D eigenvalue weighted by Crippen LogP contribution is -2.32. The zero-order valence-electron chi connectivity index (χ0n) is 19.1. The number of ether oxygens (including phenoxy) is 2. The van der Waals surface area contributed by atoms with Crippen LogP contribution in [-0.4, -0.2) is 42.3 Å².